The molecule has 3 aromatic rings. The van der Waals surface area contributed by atoms with Crippen molar-refractivity contribution in [3.05, 3.63) is 64.7 Å². The molecule has 5 nitrogen and oxygen atoms in total. The van der Waals surface area contributed by atoms with Gasteiger partial charge in [0.2, 0.25) is 5.56 Å². The van der Waals surface area contributed by atoms with Gasteiger partial charge in [-0.25, -0.2) is 0 Å². The van der Waals surface area contributed by atoms with Crippen molar-refractivity contribution in [3.8, 4) is 11.5 Å². The Morgan fingerprint density at radius 1 is 1.10 bits per heavy atom. The number of aromatic nitrogens is 2. The topological polar surface area (TPSA) is 64.2 Å². The zero-order chi connectivity index (χ0) is 14.7. The molecule has 2 aromatic heterocycles. The van der Waals surface area contributed by atoms with Crippen LogP contribution >= 0.6 is 0 Å². The molecule has 0 aliphatic heterocycles. The van der Waals surface area contributed by atoms with Crippen LogP contribution in [-0.4, -0.2) is 17.1 Å². The lowest BCUT2D eigenvalue weighted by molar-refractivity contribution is 0.308. The smallest absolute Gasteiger partial charge is 0.248 e. The number of ether oxygens (including phenoxy) is 2. The van der Waals surface area contributed by atoms with Crippen molar-refractivity contribution >= 4 is 10.9 Å². The van der Waals surface area contributed by atoms with Gasteiger partial charge in [-0.2, -0.15) is 0 Å². The predicted molar refractivity (Wildman–Crippen MR) is 79.7 cm³/mol. The van der Waals surface area contributed by atoms with Gasteiger partial charge in [-0.15, -0.1) is 0 Å². The van der Waals surface area contributed by atoms with E-state index in [4.69, 9.17) is 9.47 Å². The van der Waals surface area contributed by atoms with E-state index < -0.39 is 0 Å². The number of hydrogen-bond donors (Lipinski definition) is 1. The van der Waals surface area contributed by atoms with Crippen LogP contribution < -0.4 is 15.0 Å². The third-order valence-corrected chi connectivity index (χ3v) is 3.16. The summed E-state index contributed by atoms with van der Waals surface area (Å²) in [5, 5.41) is 0.832. The van der Waals surface area contributed by atoms with Gasteiger partial charge in [-0.05, 0) is 23.8 Å². The first-order valence-corrected chi connectivity index (χ1v) is 6.49. The number of nitrogens with zero attached hydrogens (tertiary/aromatic N) is 1. The van der Waals surface area contributed by atoms with Gasteiger partial charge >= 0.3 is 0 Å². The Morgan fingerprint density at radius 2 is 1.90 bits per heavy atom. The summed E-state index contributed by atoms with van der Waals surface area (Å²) in [4.78, 5) is 18.1. The van der Waals surface area contributed by atoms with E-state index in [2.05, 4.69) is 9.97 Å². The van der Waals surface area contributed by atoms with E-state index in [1.165, 1.54) is 6.07 Å². The van der Waals surface area contributed by atoms with Crippen molar-refractivity contribution in [1.29, 1.82) is 0 Å². The average Bonchev–Trinajstić information content (AvgIpc) is 2.53. The molecule has 1 N–H and O–H groups in total. The number of nitrogens with one attached hydrogen (secondary N) is 1. The number of aromatic amines is 1. The molecular weight excluding hydrogens is 268 g/mol. The van der Waals surface area contributed by atoms with Crippen LogP contribution in [0.2, 0.25) is 0 Å². The minimum absolute atomic E-state index is 0.156. The van der Waals surface area contributed by atoms with Gasteiger partial charge in [0.1, 0.15) is 18.1 Å². The summed E-state index contributed by atoms with van der Waals surface area (Å²) in [6, 6.07) is 10.9. The lowest BCUT2D eigenvalue weighted by atomic mass is 10.2. The third-order valence-electron chi connectivity index (χ3n) is 3.16. The summed E-state index contributed by atoms with van der Waals surface area (Å²) in [5.41, 5.74) is 1.53. The Kier molecular flexibility index (Phi) is 3.55. The SMILES string of the molecule is COc1ccc(COc2cncc3[nH]c(=O)ccc23)cc1. The van der Waals surface area contributed by atoms with E-state index in [1.807, 2.05) is 24.3 Å². The van der Waals surface area contributed by atoms with E-state index in [1.54, 1.807) is 25.6 Å². The summed E-state index contributed by atoms with van der Waals surface area (Å²) in [7, 11) is 1.63. The molecule has 0 fully saturated rings. The Bertz CT molecular complexity index is 810. The van der Waals surface area contributed by atoms with Crippen molar-refractivity contribution in [2.24, 2.45) is 0 Å². The van der Waals surface area contributed by atoms with Crippen molar-refractivity contribution in [3.63, 3.8) is 0 Å². The van der Waals surface area contributed by atoms with Crippen LogP contribution in [-0.2, 0) is 6.61 Å². The van der Waals surface area contributed by atoms with Crippen LogP contribution in [0, 0.1) is 0 Å². The molecule has 106 valence electrons. The van der Waals surface area contributed by atoms with Crippen LogP contribution in [0.4, 0.5) is 0 Å². The fraction of sp³-hybridized carbons (Fsp3) is 0.125. The second-order valence-corrected chi connectivity index (χ2v) is 4.56. The van der Waals surface area contributed by atoms with Gasteiger partial charge in [0.05, 0.1) is 25.0 Å². The molecule has 0 saturated heterocycles. The van der Waals surface area contributed by atoms with Crippen molar-refractivity contribution in [2.45, 2.75) is 6.61 Å². The molecule has 0 bridgehead atoms. The monoisotopic (exact) mass is 282 g/mol. The van der Waals surface area contributed by atoms with E-state index in [-0.39, 0.29) is 5.56 Å². The lowest BCUT2D eigenvalue weighted by Crippen LogP contribution is -2.04. The average molecular weight is 282 g/mol. The molecule has 21 heavy (non-hydrogen) atoms. The summed E-state index contributed by atoms with van der Waals surface area (Å²) in [6.45, 7) is 0.421. The highest BCUT2D eigenvalue weighted by molar-refractivity contribution is 5.83. The first-order chi connectivity index (χ1) is 10.3. The Hall–Kier alpha value is -2.82. The molecule has 0 atom stereocenters. The van der Waals surface area contributed by atoms with Crippen LogP contribution in [0.1, 0.15) is 5.56 Å². The highest BCUT2D eigenvalue weighted by Crippen LogP contribution is 2.22. The number of rotatable bonds is 4. The fourth-order valence-corrected chi connectivity index (χ4v) is 2.05. The molecule has 0 spiro atoms. The molecule has 0 amide bonds. The standard InChI is InChI=1S/C16H14N2O3/c1-20-12-4-2-11(3-5-12)10-21-15-9-17-8-14-13(15)6-7-16(19)18-14/h2-9H,10H2,1H3,(H,18,19). The molecule has 0 unspecified atom stereocenters. The van der Waals surface area contributed by atoms with E-state index in [0.717, 1.165) is 16.7 Å². The number of H-pyrrole nitrogens is 1. The molecule has 1 aromatic carbocycles. The van der Waals surface area contributed by atoms with Crippen LogP contribution in [0.5, 0.6) is 11.5 Å². The van der Waals surface area contributed by atoms with Crippen molar-refractivity contribution in [1.82, 2.24) is 9.97 Å². The number of fused-ring (bicyclic) bond motifs is 1. The molecule has 5 heteroatoms. The highest BCUT2D eigenvalue weighted by atomic mass is 16.5. The maximum atomic E-state index is 11.3. The second kappa shape index (κ2) is 5.66. The van der Waals surface area contributed by atoms with Gasteiger partial charge in [0.15, 0.2) is 0 Å². The molecule has 0 radical (unpaired) electrons. The molecule has 3 rings (SSSR count). The zero-order valence-electron chi connectivity index (χ0n) is 11.5. The molecular formula is C16H14N2O3. The van der Waals surface area contributed by atoms with Crippen molar-refractivity contribution < 1.29 is 9.47 Å². The van der Waals surface area contributed by atoms with E-state index in [0.29, 0.717) is 17.9 Å². The van der Waals surface area contributed by atoms with Crippen LogP contribution in [0.15, 0.2) is 53.6 Å². The van der Waals surface area contributed by atoms with Gasteiger partial charge in [0.25, 0.3) is 0 Å². The van der Waals surface area contributed by atoms with Gasteiger partial charge in [0, 0.05) is 11.5 Å². The Balaban J connectivity index is 1.82. The summed E-state index contributed by atoms with van der Waals surface area (Å²) < 4.78 is 10.9. The highest BCUT2D eigenvalue weighted by Gasteiger charge is 2.04. The third kappa shape index (κ3) is 2.86. The quantitative estimate of drug-likeness (QED) is 0.798. The molecule has 0 saturated carbocycles. The first-order valence-electron chi connectivity index (χ1n) is 6.49. The minimum atomic E-state index is -0.156. The maximum Gasteiger partial charge on any atom is 0.248 e. The van der Waals surface area contributed by atoms with Crippen LogP contribution in [0.3, 0.4) is 0 Å². The Morgan fingerprint density at radius 3 is 2.67 bits per heavy atom. The van der Waals surface area contributed by atoms with Gasteiger partial charge in [-0.3, -0.25) is 9.78 Å². The number of benzene rings is 1. The zero-order valence-corrected chi connectivity index (χ0v) is 11.5. The molecule has 0 aliphatic rings. The number of pyridine rings is 2. The van der Waals surface area contributed by atoms with Gasteiger partial charge in [-0.1, -0.05) is 12.1 Å². The Labute approximate surface area is 121 Å². The summed E-state index contributed by atoms with van der Waals surface area (Å²) in [5.74, 6) is 1.45. The minimum Gasteiger partial charge on any atom is -0.497 e. The molecule has 0 aliphatic carbocycles. The molecule has 2 heterocycles. The van der Waals surface area contributed by atoms with Crippen molar-refractivity contribution in [2.75, 3.05) is 7.11 Å². The van der Waals surface area contributed by atoms with Gasteiger partial charge < -0.3 is 14.5 Å². The first kappa shape index (κ1) is 13.2. The summed E-state index contributed by atoms with van der Waals surface area (Å²) >= 11 is 0. The number of hydrogen-bond acceptors (Lipinski definition) is 4. The fourth-order valence-electron chi connectivity index (χ4n) is 2.05. The largest absolute Gasteiger partial charge is 0.497 e. The van der Waals surface area contributed by atoms with E-state index >= 15 is 0 Å². The maximum absolute atomic E-state index is 11.3. The summed E-state index contributed by atoms with van der Waals surface area (Å²) in [6.07, 6.45) is 3.25. The lowest BCUT2D eigenvalue weighted by Gasteiger charge is -2.09. The van der Waals surface area contributed by atoms with Crippen LogP contribution in [0.25, 0.3) is 10.9 Å². The normalized spacial score (nSPS) is 10.5. The predicted octanol–water partition coefficient (Wildman–Crippen LogP) is 2.51. The second-order valence-electron chi connectivity index (χ2n) is 4.56. The van der Waals surface area contributed by atoms with E-state index in [9.17, 15) is 4.79 Å². The number of methoxy groups -OCH3 is 1.